The highest BCUT2D eigenvalue weighted by Crippen LogP contribution is 2.31. The third-order valence-corrected chi connectivity index (χ3v) is 6.62. The van der Waals surface area contributed by atoms with Gasteiger partial charge >= 0.3 is 0 Å². The summed E-state index contributed by atoms with van der Waals surface area (Å²) in [7, 11) is -3.73. The van der Waals surface area contributed by atoms with E-state index in [4.69, 9.17) is 17.3 Å². The Bertz CT molecular complexity index is 762. The lowest BCUT2D eigenvalue weighted by atomic mass is 10.3. The zero-order chi connectivity index (χ0) is 15.6. The Morgan fingerprint density at radius 2 is 2.19 bits per heavy atom. The molecule has 1 heterocycles. The Kier molecular flexibility index (Phi) is 5.26. The zero-order valence-electron chi connectivity index (χ0n) is 11.1. The van der Waals surface area contributed by atoms with E-state index in [0.717, 1.165) is 11.3 Å². The minimum absolute atomic E-state index is 0.0137. The summed E-state index contributed by atoms with van der Waals surface area (Å²) in [6.45, 7) is 2.15. The highest BCUT2D eigenvalue weighted by atomic mass is 79.9. The maximum absolute atomic E-state index is 12.3. The van der Waals surface area contributed by atoms with Crippen LogP contribution in [0.4, 0.5) is 5.69 Å². The minimum Gasteiger partial charge on any atom is -0.398 e. The number of halogens is 2. The number of benzene rings is 1. The molecule has 2 rings (SSSR count). The normalized spacial score (nSPS) is 11.8. The van der Waals surface area contributed by atoms with Gasteiger partial charge in [0, 0.05) is 21.8 Å². The van der Waals surface area contributed by atoms with E-state index >= 15 is 0 Å². The molecule has 0 amide bonds. The van der Waals surface area contributed by atoms with E-state index in [1.54, 1.807) is 6.20 Å². The molecule has 0 spiro atoms. The molecule has 0 unspecified atom stereocenters. The van der Waals surface area contributed by atoms with Crippen molar-refractivity contribution in [3.8, 4) is 0 Å². The van der Waals surface area contributed by atoms with Crippen molar-refractivity contribution in [2.75, 3.05) is 5.73 Å². The summed E-state index contributed by atoms with van der Waals surface area (Å²) in [4.78, 5) is 5.29. The molecule has 0 radical (unpaired) electrons. The second-order valence-electron chi connectivity index (χ2n) is 4.21. The van der Waals surface area contributed by atoms with E-state index in [2.05, 4.69) is 25.6 Å². The van der Waals surface area contributed by atoms with Crippen molar-refractivity contribution < 1.29 is 8.42 Å². The Morgan fingerprint density at radius 1 is 1.48 bits per heavy atom. The van der Waals surface area contributed by atoms with Gasteiger partial charge in [-0.1, -0.05) is 18.5 Å². The van der Waals surface area contributed by atoms with Gasteiger partial charge in [-0.15, -0.1) is 11.3 Å². The van der Waals surface area contributed by atoms with Crippen molar-refractivity contribution in [2.45, 2.75) is 24.8 Å². The molecule has 0 aliphatic rings. The fraction of sp³-hybridized carbons (Fsp3) is 0.250. The first-order chi connectivity index (χ1) is 9.83. The van der Waals surface area contributed by atoms with E-state index in [1.165, 1.54) is 23.5 Å². The van der Waals surface area contributed by atoms with Gasteiger partial charge in [0.05, 0.1) is 15.9 Å². The largest absolute Gasteiger partial charge is 0.398 e. The van der Waals surface area contributed by atoms with Crippen LogP contribution < -0.4 is 10.5 Å². The molecule has 5 nitrogen and oxygen atoms in total. The highest BCUT2D eigenvalue weighted by molar-refractivity contribution is 9.10. The lowest BCUT2D eigenvalue weighted by Crippen LogP contribution is -2.23. The first kappa shape index (κ1) is 16.7. The Morgan fingerprint density at radius 3 is 2.81 bits per heavy atom. The summed E-state index contributed by atoms with van der Waals surface area (Å²) in [5, 5.41) is 0.972. The summed E-state index contributed by atoms with van der Waals surface area (Å²) in [6, 6.07) is 2.84. The monoisotopic (exact) mass is 409 g/mol. The van der Waals surface area contributed by atoms with Gasteiger partial charge in [0.2, 0.25) is 10.0 Å². The fourth-order valence-electron chi connectivity index (χ4n) is 1.61. The molecule has 0 saturated carbocycles. The van der Waals surface area contributed by atoms with Gasteiger partial charge in [0.25, 0.3) is 0 Å². The molecular formula is C12H13BrClN3O2S2. The topological polar surface area (TPSA) is 85.1 Å². The number of rotatable bonds is 5. The first-order valence-electron chi connectivity index (χ1n) is 6.01. The van der Waals surface area contributed by atoms with E-state index in [1.807, 2.05) is 6.92 Å². The van der Waals surface area contributed by atoms with Crippen molar-refractivity contribution >= 4 is 54.6 Å². The summed E-state index contributed by atoms with van der Waals surface area (Å²) >= 11 is 10.5. The van der Waals surface area contributed by atoms with Gasteiger partial charge in [0.1, 0.15) is 5.01 Å². The number of nitrogen functional groups attached to an aromatic ring is 1. The summed E-state index contributed by atoms with van der Waals surface area (Å²) in [6.07, 6.45) is 2.63. The van der Waals surface area contributed by atoms with Crippen LogP contribution in [0.3, 0.4) is 0 Å². The molecule has 21 heavy (non-hydrogen) atoms. The summed E-state index contributed by atoms with van der Waals surface area (Å²) < 4.78 is 27.5. The molecule has 2 aromatic rings. The molecule has 0 bridgehead atoms. The van der Waals surface area contributed by atoms with Crippen LogP contribution in [-0.4, -0.2) is 13.4 Å². The van der Waals surface area contributed by atoms with Crippen LogP contribution >= 0.6 is 38.9 Å². The van der Waals surface area contributed by atoms with Crippen LogP contribution in [0.5, 0.6) is 0 Å². The smallest absolute Gasteiger partial charge is 0.242 e. The molecule has 0 fully saturated rings. The number of aromatic nitrogens is 1. The first-order valence-corrected chi connectivity index (χ1v) is 9.48. The van der Waals surface area contributed by atoms with Crippen LogP contribution in [0.15, 0.2) is 27.7 Å². The number of sulfonamides is 1. The molecule has 1 aromatic heterocycles. The maximum atomic E-state index is 12.3. The quantitative estimate of drug-likeness (QED) is 0.741. The number of nitrogens with zero attached hydrogens (tertiary/aromatic N) is 1. The van der Waals surface area contributed by atoms with E-state index in [9.17, 15) is 8.42 Å². The van der Waals surface area contributed by atoms with Crippen molar-refractivity contribution in [3.63, 3.8) is 0 Å². The van der Waals surface area contributed by atoms with Gasteiger partial charge in [-0.05, 0) is 34.5 Å². The van der Waals surface area contributed by atoms with Gasteiger partial charge in [-0.25, -0.2) is 18.1 Å². The number of nitrogens with two attached hydrogens (primary N) is 1. The number of aryl methyl sites for hydroxylation is 1. The molecule has 114 valence electrons. The molecule has 0 saturated heterocycles. The summed E-state index contributed by atoms with van der Waals surface area (Å²) in [5.74, 6) is 0. The van der Waals surface area contributed by atoms with E-state index in [-0.39, 0.29) is 22.2 Å². The number of anilines is 1. The summed E-state index contributed by atoms with van der Waals surface area (Å²) in [5.41, 5.74) is 5.98. The predicted octanol–water partition coefficient (Wildman–Crippen LogP) is 3.18. The third-order valence-electron chi connectivity index (χ3n) is 2.68. The Balaban J connectivity index is 2.22. The van der Waals surface area contributed by atoms with Crippen LogP contribution in [0.25, 0.3) is 0 Å². The second kappa shape index (κ2) is 6.62. The predicted molar refractivity (Wildman–Crippen MR) is 89.1 cm³/mol. The zero-order valence-corrected chi connectivity index (χ0v) is 15.0. The third kappa shape index (κ3) is 3.95. The van der Waals surface area contributed by atoms with E-state index in [0.29, 0.717) is 9.48 Å². The van der Waals surface area contributed by atoms with Gasteiger partial charge < -0.3 is 5.73 Å². The maximum Gasteiger partial charge on any atom is 0.242 e. The van der Waals surface area contributed by atoms with E-state index < -0.39 is 10.0 Å². The van der Waals surface area contributed by atoms with Gasteiger partial charge in [0.15, 0.2) is 0 Å². The Hall–Kier alpha value is -0.670. The molecule has 9 heteroatoms. The van der Waals surface area contributed by atoms with Crippen molar-refractivity contribution in [3.05, 3.63) is 37.7 Å². The number of nitrogens with one attached hydrogen (secondary N) is 1. The lowest BCUT2D eigenvalue weighted by molar-refractivity contribution is 0.580. The van der Waals surface area contributed by atoms with Crippen molar-refractivity contribution in [1.29, 1.82) is 0 Å². The molecule has 0 aliphatic heterocycles. The van der Waals surface area contributed by atoms with Gasteiger partial charge in [-0.3, -0.25) is 0 Å². The van der Waals surface area contributed by atoms with Crippen molar-refractivity contribution in [2.24, 2.45) is 0 Å². The Labute approximate surface area is 140 Å². The fourth-order valence-corrected chi connectivity index (χ4v) is 4.78. The molecule has 3 N–H and O–H groups in total. The minimum atomic E-state index is -3.73. The molecule has 0 atom stereocenters. The van der Waals surface area contributed by atoms with Crippen molar-refractivity contribution in [1.82, 2.24) is 9.71 Å². The molecule has 0 aliphatic carbocycles. The average Bonchev–Trinajstić information content (AvgIpc) is 2.88. The lowest BCUT2D eigenvalue weighted by Gasteiger charge is -2.09. The highest BCUT2D eigenvalue weighted by Gasteiger charge is 2.20. The van der Waals surface area contributed by atoms with Gasteiger partial charge in [-0.2, -0.15) is 0 Å². The van der Waals surface area contributed by atoms with Crippen LogP contribution in [0.2, 0.25) is 5.02 Å². The number of hydrogen-bond acceptors (Lipinski definition) is 5. The molecule has 1 aromatic carbocycles. The molecular weight excluding hydrogens is 398 g/mol. The second-order valence-corrected chi connectivity index (χ2v) is 8.37. The average molecular weight is 411 g/mol. The van der Waals surface area contributed by atoms with Crippen LogP contribution in [0.1, 0.15) is 16.8 Å². The number of thiazole rings is 1. The SMILES string of the molecule is CCc1cnc(CNS(=O)(=O)c2cc(Cl)cc(N)c2Br)s1. The van der Waals surface area contributed by atoms with Crippen LogP contribution in [-0.2, 0) is 23.0 Å². The number of hydrogen-bond donors (Lipinski definition) is 2. The van der Waals surface area contributed by atoms with Crippen LogP contribution in [0, 0.1) is 0 Å². The standard InChI is InChI=1S/C12H13BrClN3O2S2/c1-2-8-5-16-11(20-8)6-17-21(18,19)10-4-7(14)3-9(15)12(10)13/h3-5,17H,2,6,15H2,1H3.